The third-order valence-electron chi connectivity index (χ3n) is 5.43. The zero-order valence-corrected chi connectivity index (χ0v) is 17.1. The average molecular weight is 391 g/mol. The first-order valence-corrected chi connectivity index (χ1v) is 10.4. The Bertz CT molecular complexity index is 624. The number of aromatic hydroxyl groups is 1. The number of hydrogen-bond donors (Lipinski definition) is 2. The zero-order valence-electron chi connectivity index (χ0n) is 17.1. The minimum atomic E-state index is 0.0970. The number of benzene rings is 1. The summed E-state index contributed by atoms with van der Waals surface area (Å²) in [5.41, 5.74) is 0.873. The van der Waals surface area contributed by atoms with E-state index in [4.69, 9.17) is 4.74 Å². The number of phenols is 1. The van der Waals surface area contributed by atoms with Crippen molar-refractivity contribution in [2.75, 3.05) is 63.8 Å². The smallest absolute Gasteiger partial charge is 0.234 e. The molecule has 0 saturated carbocycles. The fourth-order valence-corrected chi connectivity index (χ4v) is 4.13. The number of carbonyl (C=O) groups is 1. The fourth-order valence-electron chi connectivity index (χ4n) is 4.13. The second-order valence-electron chi connectivity index (χ2n) is 7.97. The number of rotatable bonds is 7. The van der Waals surface area contributed by atoms with E-state index in [1.807, 2.05) is 18.2 Å². The predicted molar refractivity (Wildman–Crippen MR) is 111 cm³/mol. The van der Waals surface area contributed by atoms with Crippen LogP contribution in [0.3, 0.4) is 0 Å². The van der Waals surface area contributed by atoms with Crippen molar-refractivity contribution >= 4 is 11.6 Å². The quantitative estimate of drug-likeness (QED) is 0.681. The molecular weight excluding hydrogens is 356 g/mol. The van der Waals surface area contributed by atoms with Gasteiger partial charge in [-0.15, -0.1) is 0 Å². The Hall–Kier alpha value is -1.83. The van der Waals surface area contributed by atoms with Gasteiger partial charge < -0.3 is 20.1 Å². The molecule has 2 saturated heterocycles. The molecule has 7 nitrogen and oxygen atoms in total. The molecule has 2 heterocycles. The van der Waals surface area contributed by atoms with E-state index in [0.717, 1.165) is 64.5 Å². The second-order valence-corrected chi connectivity index (χ2v) is 7.97. The van der Waals surface area contributed by atoms with Crippen molar-refractivity contribution in [1.29, 1.82) is 0 Å². The summed E-state index contributed by atoms with van der Waals surface area (Å²) in [6.07, 6.45) is 1.54. The molecule has 2 N–H and O–H groups in total. The lowest BCUT2D eigenvalue weighted by atomic mass is 10.2. The Morgan fingerprint density at radius 1 is 1.11 bits per heavy atom. The zero-order chi connectivity index (χ0) is 19.9. The largest absolute Gasteiger partial charge is 0.506 e. The molecule has 3 rings (SSSR count). The lowest BCUT2D eigenvalue weighted by Crippen LogP contribution is -2.49. The van der Waals surface area contributed by atoms with Crippen molar-refractivity contribution in [3.63, 3.8) is 0 Å². The van der Waals surface area contributed by atoms with Crippen LogP contribution in [0.25, 0.3) is 0 Å². The molecule has 1 amide bonds. The second kappa shape index (κ2) is 10.1. The highest BCUT2D eigenvalue weighted by Gasteiger charge is 2.22. The van der Waals surface area contributed by atoms with Crippen LogP contribution in [0.15, 0.2) is 24.3 Å². The molecule has 28 heavy (non-hydrogen) atoms. The van der Waals surface area contributed by atoms with Crippen molar-refractivity contribution in [2.24, 2.45) is 0 Å². The van der Waals surface area contributed by atoms with Gasteiger partial charge in [0.15, 0.2) is 0 Å². The van der Waals surface area contributed by atoms with Crippen LogP contribution in [-0.2, 0) is 9.53 Å². The summed E-state index contributed by atoms with van der Waals surface area (Å²) in [6.45, 7) is 11.6. The van der Waals surface area contributed by atoms with Crippen molar-refractivity contribution in [2.45, 2.75) is 32.5 Å². The molecule has 0 spiro atoms. The number of piperazine rings is 1. The number of carbonyl (C=O) groups excluding carboxylic acids is 1. The van der Waals surface area contributed by atoms with E-state index in [0.29, 0.717) is 12.3 Å². The Labute approximate surface area is 168 Å². The van der Waals surface area contributed by atoms with Crippen molar-refractivity contribution < 1.29 is 14.6 Å². The van der Waals surface area contributed by atoms with Gasteiger partial charge in [-0.3, -0.25) is 14.6 Å². The molecule has 0 bridgehead atoms. The van der Waals surface area contributed by atoms with Crippen LogP contribution in [-0.4, -0.2) is 91.9 Å². The molecule has 2 aliphatic heterocycles. The third kappa shape index (κ3) is 6.09. The van der Waals surface area contributed by atoms with Gasteiger partial charge in [-0.05, 0) is 32.4 Å². The highest BCUT2D eigenvalue weighted by Crippen LogP contribution is 2.27. The van der Waals surface area contributed by atoms with Gasteiger partial charge in [0.1, 0.15) is 5.75 Å². The number of nitrogens with one attached hydrogen (secondary N) is 1. The summed E-state index contributed by atoms with van der Waals surface area (Å²) in [7, 11) is 0. The van der Waals surface area contributed by atoms with Crippen LogP contribution in [0.1, 0.15) is 20.3 Å². The van der Waals surface area contributed by atoms with Crippen LogP contribution in [0, 0.1) is 0 Å². The molecule has 2 atom stereocenters. The van der Waals surface area contributed by atoms with Gasteiger partial charge in [-0.2, -0.15) is 0 Å². The van der Waals surface area contributed by atoms with Gasteiger partial charge in [0.2, 0.25) is 5.91 Å². The van der Waals surface area contributed by atoms with E-state index in [2.05, 4.69) is 33.9 Å². The SMILES string of the molecule is CC1CN(CCCNC(=O)CN2CCN(c3ccccc3O)CC2)CC(C)O1. The van der Waals surface area contributed by atoms with Crippen LogP contribution in [0.2, 0.25) is 0 Å². The van der Waals surface area contributed by atoms with Crippen LogP contribution in [0.4, 0.5) is 5.69 Å². The van der Waals surface area contributed by atoms with Gasteiger partial charge in [0, 0.05) is 52.4 Å². The Kier molecular flexibility index (Phi) is 7.53. The number of ether oxygens (including phenoxy) is 1. The van der Waals surface area contributed by atoms with E-state index < -0.39 is 0 Å². The molecule has 0 aliphatic carbocycles. The molecule has 0 radical (unpaired) electrons. The first kappa shape index (κ1) is 20.9. The number of phenolic OH excluding ortho intramolecular Hbond substituents is 1. The number of hydrogen-bond acceptors (Lipinski definition) is 6. The first-order chi connectivity index (χ1) is 13.5. The van der Waals surface area contributed by atoms with Crippen LogP contribution < -0.4 is 10.2 Å². The maximum atomic E-state index is 12.2. The van der Waals surface area contributed by atoms with Gasteiger partial charge in [0.25, 0.3) is 0 Å². The number of para-hydroxylation sites is 2. The van der Waals surface area contributed by atoms with E-state index in [1.54, 1.807) is 6.07 Å². The minimum absolute atomic E-state index is 0.0970. The molecular formula is C21H34N4O3. The highest BCUT2D eigenvalue weighted by molar-refractivity contribution is 5.78. The molecule has 1 aromatic rings. The number of amides is 1. The number of morpholine rings is 1. The fraction of sp³-hybridized carbons (Fsp3) is 0.667. The Balaban J connectivity index is 1.30. The van der Waals surface area contributed by atoms with Crippen LogP contribution >= 0.6 is 0 Å². The molecule has 2 aliphatic rings. The van der Waals surface area contributed by atoms with E-state index in [-0.39, 0.29) is 18.1 Å². The molecule has 2 unspecified atom stereocenters. The summed E-state index contributed by atoms with van der Waals surface area (Å²) in [5.74, 6) is 0.414. The normalized spacial score (nSPS) is 24.3. The Morgan fingerprint density at radius 2 is 1.79 bits per heavy atom. The first-order valence-electron chi connectivity index (χ1n) is 10.4. The van der Waals surface area contributed by atoms with Gasteiger partial charge in [0.05, 0.1) is 24.4 Å². The Morgan fingerprint density at radius 3 is 2.46 bits per heavy atom. The standard InChI is InChI=1S/C21H34N4O3/c1-17-14-24(15-18(2)28-17)9-5-8-22-21(27)16-23-10-12-25(13-11-23)19-6-3-4-7-20(19)26/h3-4,6-7,17-18,26H,5,8-16H2,1-2H3,(H,22,27). The minimum Gasteiger partial charge on any atom is -0.506 e. The highest BCUT2D eigenvalue weighted by atomic mass is 16.5. The summed E-state index contributed by atoms with van der Waals surface area (Å²) in [5, 5.41) is 13.0. The summed E-state index contributed by atoms with van der Waals surface area (Å²) in [6, 6.07) is 7.42. The van der Waals surface area contributed by atoms with Crippen LogP contribution in [0.5, 0.6) is 5.75 Å². The molecule has 1 aromatic carbocycles. The van der Waals surface area contributed by atoms with Gasteiger partial charge >= 0.3 is 0 Å². The third-order valence-corrected chi connectivity index (χ3v) is 5.43. The lowest BCUT2D eigenvalue weighted by Gasteiger charge is -2.36. The molecule has 0 aromatic heterocycles. The summed E-state index contributed by atoms with van der Waals surface area (Å²) >= 11 is 0. The monoisotopic (exact) mass is 390 g/mol. The maximum Gasteiger partial charge on any atom is 0.234 e. The van der Waals surface area contributed by atoms with Gasteiger partial charge in [-0.25, -0.2) is 0 Å². The average Bonchev–Trinajstić information content (AvgIpc) is 2.66. The van der Waals surface area contributed by atoms with Crippen molar-refractivity contribution in [3.8, 4) is 5.75 Å². The van der Waals surface area contributed by atoms with E-state index in [9.17, 15) is 9.90 Å². The molecule has 156 valence electrons. The van der Waals surface area contributed by atoms with Gasteiger partial charge in [-0.1, -0.05) is 12.1 Å². The molecule has 7 heteroatoms. The number of nitrogens with zero attached hydrogens (tertiary/aromatic N) is 3. The topological polar surface area (TPSA) is 68.3 Å². The molecule has 2 fully saturated rings. The maximum absolute atomic E-state index is 12.2. The van der Waals surface area contributed by atoms with E-state index >= 15 is 0 Å². The van der Waals surface area contributed by atoms with Crippen molar-refractivity contribution in [3.05, 3.63) is 24.3 Å². The predicted octanol–water partition coefficient (Wildman–Crippen LogP) is 1.13. The summed E-state index contributed by atoms with van der Waals surface area (Å²) in [4.78, 5) is 19.0. The summed E-state index contributed by atoms with van der Waals surface area (Å²) < 4.78 is 5.75. The number of anilines is 1. The van der Waals surface area contributed by atoms with E-state index in [1.165, 1.54) is 0 Å². The lowest BCUT2D eigenvalue weighted by molar-refractivity contribution is -0.122. The van der Waals surface area contributed by atoms with Crippen molar-refractivity contribution in [1.82, 2.24) is 15.1 Å².